The molecule has 0 bridgehead atoms. The van der Waals surface area contributed by atoms with Crippen LogP contribution in [0.25, 0.3) is 0 Å². The van der Waals surface area contributed by atoms with Crippen molar-refractivity contribution in [3.8, 4) is 0 Å². The molecule has 1 aliphatic rings. The monoisotopic (exact) mass is 344 g/mol. The van der Waals surface area contributed by atoms with Crippen LogP contribution in [0.2, 0.25) is 0 Å². The van der Waals surface area contributed by atoms with Crippen molar-refractivity contribution in [1.82, 2.24) is 10.2 Å². The number of rotatable bonds is 7. The van der Waals surface area contributed by atoms with E-state index < -0.39 is 0 Å². The Bertz CT molecular complexity index is 436. The Morgan fingerprint density at radius 1 is 1.50 bits per heavy atom. The fraction of sp³-hybridized carbons (Fsp3) is 0.643. The first-order chi connectivity index (χ1) is 9.70. The van der Waals surface area contributed by atoms with Crippen molar-refractivity contribution in [2.24, 2.45) is 0 Å². The van der Waals surface area contributed by atoms with Gasteiger partial charge in [0.15, 0.2) is 10.4 Å². The van der Waals surface area contributed by atoms with Crippen LogP contribution in [0, 0.1) is 0 Å². The van der Waals surface area contributed by atoms with Gasteiger partial charge in [-0.15, -0.1) is 0 Å². The summed E-state index contributed by atoms with van der Waals surface area (Å²) in [7, 11) is 0. The number of carbonyl (C=O) groups is 1. The molecule has 1 unspecified atom stereocenters. The second-order valence-corrected chi connectivity index (χ2v) is 5.86. The highest BCUT2D eigenvalue weighted by Gasteiger charge is 2.22. The highest BCUT2D eigenvalue weighted by Crippen LogP contribution is 2.17. The Labute approximate surface area is 127 Å². The maximum atomic E-state index is 11.7. The zero-order valence-corrected chi connectivity index (χ0v) is 13.1. The summed E-state index contributed by atoms with van der Waals surface area (Å²) in [5.41, 5.74) is 0. The van der Waals surface area contributed by atoms with Crippen molar-refractivity contribution < 1.29 is 14.3 Å². The van der Waals surface area contributed by atoms with E-state index in [1.54, 1.807) is 12.1 Å². The third kappa shape index (κ3) is 4.33. The molecule has 1 aromatic rings. The number of nitrogens with zero attached hydrogens (tertiary/aromatic N) is 1. The average Bonchev–Trinajstić information content (AvgIpc) is 3.06. The first kappa shape index (κ1) is 15.5. The molecule has 6 heteroatoms. The molecule has 1 amide bonds. The van der Waals surface area contributed by atoms with Gasteiger partial charge in [0.05, 0.1) is 6.61 Å². The largest absolute Gasteiger partial charge is 0.444 e. The van der Waals surface area contributed by atoms with Crippen molar-refractivity contribution in [3.63, 3.8) is 0 Å². The van der Waals surface area contributed by atoms with Crippen LogP contribution in [-0.2, 0) is 0 Å². The Hall–Kier alpha value is -0.850. The summed E-state index contributed by atoms with van der Waals surface area (Å²) in [6.45, 7) is 2.98. The second-order valence-electron chi connectivity index (χ2n) is 5.08. The minimum atomic E-state index is -0.176. The number of hydrogen-bond acceptors (Lipinski definition) is 4. The quantitative estimate of drug-likeness (QED) is 0.742. The van der Waals surface area contributed by atoms with Crippen LogP contribution >= 0.6 is 15.9 Å². The number of aliphatic hydroxyl groups excluding tert-OH is 1. The molecule has 0 spiro atoms. The zero-order valence-electron chi connectivity index (χ0n) is 11.5. The topological polar surface area (TPSA) is 65.7 Å². The van der Waals surface area contributed by atoms with Crippen molar-refractivity contribution in [2.45, 2.75) is 31.7 Å². The van der Waals surface area contributed by atoms with Crippen LogP contribution < -0.4 is 5.32 Å². The minimum Gasteiger partial charge on any atom is -0.444 e. The smallest absolute Gasteiger partial charge is 0.287 e. The molecule has 2 N–H and O–H groups in total. The summed E-state index contributed by atoms with van der Waals surface area (Å²) in [6, 6.07) is 3.69. The Morgan fingerprint density at radius 2 is 2.35 bits per heavy atom. The third-order valence-electron chi connectivity index (χ3n) is 3.66. The fourth-order valence-electron chi connectivity index (χ4n) is 2.56. The summed E-state index contributed by atoms with van der Waals surface area (Å²) >= 11 is 3.17. The van der Waals surface area contributed by atoms with Crippen LogP contribution in [0.5, 0.6) is 0 Å². The molecule has 2 rings (SSSR count). The lowest BCUT2D eigenvalue weighted by Gasteiger charge is -2.22. The predicted octanol–water partition coefficient (Wildman–Crippen LogP) is 2.01. The second kappa shape index (κ2) is 7.81. The van der Waals surface area contributed by atoms with Crippen LogP contribution in [0.1, 0.15) is 36.2 Å². The molecule has 112 valence electrons. The maximum Gasteiger partial charge on any atom is 0.287 e. The van der Waals surface area contributed by atoms with E-state index in [1.165, 1.54) is 6.42 Å². The predicted molar refractivity (Wildman–Crippen MR) is 79.7 cm³/mol. The van der Waals surface area contributed by atoms with E-state index in [-0.39, 0.29) is 12.5 Å². The van der Waals surface area contributed by atoms with E-state index >= 15 is 0 Å². The van der Waals surface area contributed by atoms with Crippen molar-refractivity contribution >= 4 is 21.8 Å². The Balaban J connectivity index is 1.58. The lowest BCUT2D eigenvalue weighted by Crippen LogP contribution is -2.33. The zero-order chi connectivity index (χ0) is 14.4. The molecular weight excluding hydrogens is 324 g/mol. The lowest BCUT2D eigenvalue weighted by atomic mass is 10.2. The van der Waals surface area contributed by atoms with Gasteiger partial charge in [0, 0.05) is 12.6 Å². The highest BCUT2D eigenvalue weighted by atomic mass is 79.9. The molecule has 0 radical (unpaired) electrons. The summed E-state index contributed by atoms with van der Waals surface area (Å²) in [5, 5.41) is 12.1. The maximum absolute atomic E-state index is 11.7. The highest BCUT2D eigenvalue weighted by molar-refractivity contribution is 9.10. The molecule has 0 saturated carbocycles. The summed E-state index contributed by atoms with van der Waals surface area (Å²) in [5.74, 6) is 0.155. The van der Waals surface area contributed by atoms with E-state index in [0.29, 0.717) is 23.0 Å². The summed E-state index contributed by atoms with van der Waals surface area (Å²) < 4.78 is 5.74. The number of unbranched alkanes of at least 4 members (excludes halogenated alkanes) is 1. The van der Waals surface area contributed by atoms with Gasteiger partial charge in [-0.25, -0.2) is 0 Å². The molecule has 1 atom stereocenters. The van der Waals surface area contributed by atoms with Gasteiger partial charge in [-0.3, -0.25) is 9.69 Å². The van der Waals surface area contributed by atoms with Gasteiger partial charge in [-0.2, -0.15) is 0 Å². The van der Waals surface area contributed by atoms with E-state index in [0.717, 1.165) is 32.4 Å². The molecule has 1 saturated heterocycles. The minimum absolute atomic E-state index is 0.176. The van der Waals surface area contributed by atoms with Crippen molar-refractivity contribution in [2.75, 3.05) is 26.2 Å². The molecule has 0 aromatic carbocycles. The Morgan fingerprint density at radius 3 is 3.05 bits per heavy atom. The average molecular weight is 345 g/mol. The molecule has 1 fully saturated rings. The number of furan rings is 1. The summed E-state index contributed by atoms with van der Waals surface area (Å²) in [4.78, 5) is 14.0. The number of nitrogens with one attached hydrogen (secondary N) is 1. The number of aliphatic hydroxyl groups is 1. The number of hydrogen-bond donors (Lipinski definition) is 2. The first-order valence-corrected chi connectivity index (χ1v) is 7.88. The van der Waals surface area contributed by atoms with E-state index in [4.69, 9.17) is 4.42 Å². The van der Waals surface area contributed by atoms with E-state index in [9.17, 15) is 9.90 Å². The number of carbonyl (C=O) groups excluding carboxylic acids is 1. The number of likely N-dealkylation sites (tertiary alicyclic amines) is 1. The van der Waals surface area contributed by atoms with Crippen LogP contribution in [0.3, 0.4) is 0 Å². The van der Waals surface area contributed by atoms with Gasteiger partial charge in [0.1, 0.15) is 0 Å². The molecule has 1 aliphatic heterocycles. The SMILES string of the molecule is O=C(NCCCCN1CCCC1CO)c1ccc(Br)o1. The van der Waals surface area contributed by atoms with Crippen molar-refractivity contribution in [1.29, 1.82) is 0 Å². The van der Waals surface area contributed by atoms with E-state index in [2.05, 4.69) is 26.1 Å². The fourth-order valence-corrected chi connectivity index (χ4v) is 2.87. The van der Waals surface area contributed by atoms with Crippen LogP contribution in [0.4, 0.5) is 0 Å². The Kier molecular flexibility index (Phi) is 6.06. The standard InChI is InChI=1S/C14H21BrN2O3/c15-13-6-5-12(20-13)14(19)16-7-1-2-8-17-9-3-4-11(17)10-18/h5-6,11,18H,1-4,7-10H2,(H,16,19). The lowest BCUT2D eigenvalue weighted by molar-refractivity contribution is 0.0923. The molecule has 5 nitrogen and oxygen atoms in total. The van der Waals surface area contributed by atoms with E-state index in [1.807, 2.05) is 0 Å². The molecular formula is C14H21BrN2O3. The number of amides is 1. The molecule has 1 aromatic heterocycles. The normalized spacial score (nSPS) is 19.4. The van der Waals surface area contributed by atoms with Crippen LogP contribution in [0.15, 0.2) is 21.2 Å². The molecule has 2 heterocycles. The van der Waals surface area contributed by atoms with Crippen LogP contribution in [-0.4, -0.2) is 48.2 Å². The van der Waals surface area contributed by atoms with Crippen molar-refractivity contribution in [3.05, 3.63) is 22.6 Å². The number of halogens is 1. The van der Waals surface area contributed by atoms with Gasteiger partial charge in [-0.05, 0) is 66.8 Å². The van der Waals surface area contributed by atoms with Gasteiger partial charge in [0.2, 0.25) is 0 Å². The third-order valence-corrected chi connectivity index (χ3v) is 4.09. The van der Waals surface area contributed by atoms with Gasteiger partial charge < -0.3 is 14.8 Å². The molecule has 20 heavy (non-hydrogen) atoms. The van der Waals surface area contributed by atoms with Gasteiger partial charge >= 0.3 is 0 Å². The summed E-state index contributed by atoms with van der Waals surface area (Å²) in [6.07, 6.45) is 4.23. The first-order valence-electron chi connectivity index (χ1n) is 7.09. The molecule has 0 aliphatic carbocycles. The van der Waals surface area contributed by atoms with Gasteiger partial charge in [-0.1, -0.05) is 0 Å². The van der Waals surface area contributed by atoms with Gasteiger partial charge in [0.25, 0.3) is 5.91 Å².